The van der Waals surface area contributed by atoms with Crippen LogP contribution in [0.25, 0.3) is 0 Å². The van der Waals surface area contributed by atoms with Gasteiger partial charge in [0, 0.05) is 52.9 Å². The maximum atomic E-state index is 12.7. The molecule has 1 fully saturated rings. The standard InChI is InChI=1S/C25H31N5O5S.ClH/c1-27-23(19-24(31)28(2)25(27)32)30-16-14-29(15-17-30)13-8-18-35-22-12-7-6-11-21(22)26-36(33,34)20-9-4-3-5-10-20;/h3-7,9-12,19,26H,8,13-18H2,1-2H3;1H. The van der Waals surface area contributed by atoms with Crippen molar-refractivity contribution in [1.29, 1.82) is 0 Å². The minimum absolute atomic E-state index is 0. The third-order valence-electron chi connectivity index (χ3n) is 6.26. The Balaban J connectivity index is 0.00000380. The molecule has 0 amide bonds. The van der Waals surface area contributed by atoms with E-state index in [4.69, 9.17) is 4.74 Å². The van der Waals surface area contributed by atoms with Gasteiger partial charge in [-0.1, -0.05) is 30.3 Å². The Morgan fingerprint density at radius 1 is 0.892 bits per heavy atom. The van der Waals surface area contributed by atoms with E-state index in [1.165, 1.54) is 17.7 Å². The first-order chi connectivity index (χ1) is 17.3. The Labute approximate surface area is 222 Å². The van der Waals surface area contributed by atoms with Crippen LogP contribution < -0.4 is 25.6 Å². The summed E-state index contributed by atoms with van der Waals surface area (Å²) >= 11 is 0. The number of piperazine rings is 1. The van der Waals surface area contributed by atoms with Crippen molar-refractivity contribution in [2.45, 2.75) is 11.3 Å². The molecule has 4 rings (SSSR count). The van der Waals surface area contributed by atoms with Crippen molar-refractivity contribution < 1.29 is 13.2 Å². The predicted molar refractivity (Wildman–Crippen MR) is 147 cm³/mol. The third-order valence-corrected chi connectivity index (χ3v) is 7.64. The highest BCUT2D eigenvalue weighted by molar-refractivity contribution is 7.92. The second-order valence-corrected chi connectivity index (χ2v) is 10.4. The Bertz CT molecular complexity index is 1420. The van der Waals surface area contributed by atoms with E-state index in [-0.39, 0.29) is 28.6 Å². The largest absolute Gasteiger partial charge is 0.491 e. The molecular weight excluding hydrogens is 518 g/mol. The molecule has 0 atom stereocenters. The van der Waals surface area contributed by atoms with E-state index in [2.05, 4.69) is 14.5 Å². The summed E-state index contributed by atoms with van der Waals surface area (Å²) in [6.45, 7) is 4.29. The van der Waals surface area contributed by atoms with Crippen LogP contribution in [-0.2, 0) is 24.1 Å². The van der Waals surface area contributed by atoms with Crippen LogP contribution in [0.3, 0.4) is 0 Å². The molecule has 0 spiro atoms. The number of nitrogens with zero attached hydrogens (tertiary/aromatic N) is 4. The number of hydrogen-bond acceptors (Lipinski definition) is 7. The van der Waals surface area contributed by atoms with Crippen molar-refractivity contribution in [1.82, 2.24) is 14.0 Å². The van der Waals surface area contributed by atoms with Crippen molar-refractivity contribution in [3.8, 4) is 5.75 Å². The number of anilines is 2. The van der Waals surface area contributed by atoms with Gasteiger partial charge in [0.1, 0.15) is 11.6 Å². The van der Waals surface area contributed by atoms with Gasteiger partial charge in [-0.3, -0.25) is 23.6 Å². The number of nitrogens with one attached hydrogen (secondary N) is 1. The fraction of sp³-hybridized carbons (Fsp3) is 0.360. The molecule has 12 heteroatoms. The van der Waals surface area contributed by atoms with Gasteiger partial charge in [-0.25, -0.2) is 13.2 Å². The quantitative estimate of drug-likeness (QED) is 0.406. The van der Waals surface area contributed by atoms with Gasteiger partial charge in [0.05, 0.1) is 17.2 Å². The van der Waals surface area contributed by atoms with Crippen molar-refractivity contribution in [2.75, 3.05) is 49.0 Å². The molecule has 0 aliphatic carbocycles. The Morgan fingerprint density at radius 3 is 2.24 bits per heavy atom. The minimum atomic E-state index is -3.71. The summed E-state index contributed by atoms with van der Waals surface area (Å²) in [5, 5.41) is 0. The summed E-state index contributed by atoms with van der Waals surface area (Å²) in [5.74, 6) is 1.12. The fourth-order valence-electron chi connectivity index (χ4n) is 4.18. The fourth-order valence-corrected chi connectivity index (χ4v) is 5.27. The van der Waals surface area contributed by atoms with Gasteiger partial charge in [-0.15, -0.1) is 12.4 Å². The molecule has 37 heavy (non-hydrogen) atoms. The molecule has 1 N–H and O–H groups in total. The van der Waals surface area contributed by atoms with Crippen LogP contribution in [0.4, 0.5) is 11.5 Å². The minimum Gasteiger partial charge on any atom is -0.491 e. The molecule has 0 bridgehead atoms. The smallest absolute Gasteiger partial charge is 0.332 e. The number of hydrogen-bond donors (Lipinski definition) is 1. The lowest BCUT2D eigenvalue weighted by Crippen LogP contribution is -2.49. The monoisotopic (exact) mass is 549 g/mol. The topological polar surface area (TPSA) is 106 Å². The van der Waals surface area contributed by atoms with Crippen molar-refractivity contribution in [3.63, 3.8) is 0 Å². The van der Waals surface area contributed by atoms with Gasteiger partial charge in [-0.05, 0) is 30.7 Å². The van der Waals surface area contributed by atoms with E-state index in [9.17, 15) is 18.0 Å². The van der Waals surface area contributed by atoms with Gasteiger partial charge in [-0.2, -0.15) is 0 Å². The lowest BCUT2D eigenvalue weighted by atomic mass is 10.3. The normalized spacial score (nSPS) is 14.2. The first-order valence-corrected chi connectivity index (χ1v) is 13.3. The van der Waals surface area contributed by atoms with Crippen molar-refractivity contribution in [3.05, 3.63) is 81.5 Å². The van der Waals surface area contributed by atoms with E-state index in [0.717, 1.165) is 30.6 Å². The van der Waals surface area contributed by atoms with E-state index >= 15 is 0 Å². The average Bonchev–Trinajstić information content (AvgIpc) is 2.89. The summed E-state index contributed by atoms with van der Waals surface area (Å²) < 4.78 is 36.5. The van der Waals surface area contributed by atoms with Gasteiger partial charge >= 0.3 is 5.69 Å². The molecule has 10 nitrogen and oxygen atoms in total. The van der Waals surface area contributed by atoms with E-state index in [0.29, 0.717) is 37.0 Å². The zero-order chi connectivity index (χ0) is 25.7. The molecule has 0 radical (unpaired) electrons. The summed E-state index contributed by atoms with van der Waals surface area (Å²) in [7, 11) is -0.551. The number of benzene rings is 2. The molecule has 200 valence electrons. The molecule has 2 heterocycles. The van der Waals surface area contributed by atoms with Crippen LogP contribution in [0, 0.1) is 0 Å². The third kappa shape index (κ3) is 6.73. The second kappa shape index (κ2) is 12.3. The maximum Gasteiger partial charge on any atom is 0.332 e. The van der Waals surface area contributed by atoms with Crippen LogP contribution in [-0.4, -0.2) is 61.8 Å². The van der Waals surface area contributed by atoms with E-state index in [1.807, 2.05) is 0 Å². The molecule has 0 saturated carbocycles. The second-order valence-electron chi connectivity index (χ2n) is 8.69. The Hall–Kier alpha value is -3.28. The molecular formula is C25H32ClN5O5S. The number of rotatable bonds is 9. The summed E-state index contributed by atoms with van der Waals surface area (Å²) in [5.41, 5.74) is -0.239. The summed E-state index contributed by atoms with van der Waals surface area (Å²) in [4.78, 5) is 28.8. The lowest BCUT2D eigenvalue weighted by Gasteiger charge is -2.36. The van der Waals surface area contributed by atoms with E-state index in [1.54, 1.807) is 61.6 Å². The molecule has 1 aliphatic rings. The first-order valence-electron chi connectivity index (χ1n) is 11.8. The Morgan fingerprint density at radius 2 is 1.54 bits per heavy atom. The van der Waals surface area contributed by atoms with Crippen molar-refractivity contribution >= 4 is 33.9 Å². The van der Waals surface area contributed by atoms with E-state index < -0.39 is 10.0 Å². The first kappa shape index (κ1) is 28.3. The average molecular weight is 550 g/mol. The zero-order valence-corrected chi connectivity index (χ0v) is 22.5. The van der Waals surface area contributed by atoms with Crippen molar-refractivity contribution in [2.24, 2.45) is 14.1 Å². The molecule has 1 aliphatic heterocycles. The maximum absolute atomic E-state index is 12.7. The summed E-state index contributed by atoms with van der Waals surface area (Å²) in [6.07, 6.45) is 0.768. The number of sulfonamides is 1. The molecule has 1 aromatic heterocycles. The Kier molecular flexibility index (Phi) is 9.41. The van der Waals surface area contributed by atoms with Crippen LogP contribution >= 0.6 is 12.4 Å². The highest BCUT2D eigenvalue weighted by Crippen LogP contribution is 2.26. The molecule has 0 unspecified atom stereocenters. The number of halogens is 1. The lowest BCUT2D eigenvalue weighted by molar-refractivity contribution is 0.224. The van der Waals surface area contributed by atoms with Gasteiger partial charge in [0.25, 0.3) is 15.6 Å². The zero-order valence-electron chi connectivity index (χ0n) is 20.9. The molecule has 1 saturated heterocycles. The van der Waals surface area contributed by atoms with Gasteiger partial charge in [0.15, 0.2) is 0 Å². The number of para-hydroxylation sites is 2. The molecule has 3 aromatic rings. The highest BCUT2D eigenvalue weighted by Gasteiger charge is 2.20. The van der Waals surface area contributed by atoms with Crippen LogP contribution in [0.5, 0.6) is 5.75 Å². The van der Waals surface area contributed by atoms with Crippen LogP contribution in [0.1, 0.15) is 6.42 Å². The predicted octanol–water partition coefficient (Wildman–Crippen LogP) is 1.90. The van der Waals surface area contributed by atoms with Crippen LogP contribution in [0.2, 0.25) is 0 Å². The summed E-state index contributed by atoms with van der Waals surface area (Å²) in [6, 6.07) is 16.7. The number of aromatic nitrogens is 2. The van der Waals surface area contributed by atoms with Gasteiger partial charge < -0.3 is 9.64 Å². The SMILES string of the molecule is Cl.Cn1c(N2CCN(CCCOc3ccccc3NS(=O)(=O)c3ccccc3)CC2)cc(=O)n(C)c1=O. The number of ether oxygens (including phenoxy) is 1. The highest BCUT2D eigenvalue weighted by atomic mass is 35.5. The van der Waals surface area contributed by atoms with Gasteiger partial charge in [0.2, 0.25) is 0 Å². The molecule has 2 aromatic carbocycles. The van der Waals surface area contributed by atoms with Crippen LogP contribution in [0.15, 0.2) is 75.1 Å².